The first-order chi connectivity index (χ1) is 7.65. The third-order valence-electron chi connectivity index (χ3n) is 3.21. The molecule has 1 saturated heterocycles. The lowest BCUT2D eigenvalue weighted by molar-refractivity contribution is -0.0125. The smallest absolute Gasteiger partial charge is 0.0862 e. The van der Waals surface area contributed by atoms with Crippen molar-refractivity contribution in [3.05, 3.63) is 34.9 Å². The van der Waals surface area contributed by atoms with Gasteiger partial charge in [-0.2, -0.15) is 0 Å². The van der Waals surface area contributed by atoms with E-state index < -0.39 is 0 Å². The largest absolute Gasteiger partial charge is 0.373 e. The van der Waals surface area contributed by atoms with Gasteiger partial charge in [0, 0.05) is 11.6 Å². The van der Waals surface area contributed by atoms with Crippen LogP contribution in [0.1, 0.15) is 31.4 Å². The number of ether oxygens (including phenoxy) is 1. The number of hydrogen-bond donors (Lipinski definition) is 2. The van der Waals surface area contributed by atoms with Gasteiger partial charge in [0.05, 0.1) is 11.6 Å². The highest BCUT2D eigenvalue weighted by Gasteiger charge is 2.38. The Kier molecular flexibility index (Phi) is 3.50. The predicted molar refractivity (Wildman–Crippen MR) is 65.1 cm³/mol. The van der Waals surface area contributed by atoms with E-state index in [1.807, 2.05) is 24.3 Å². The van der Waals surface area contributed by atoms with Crippen LogP contribution in [0.5, 0.6) is 0 Å². The average Bonchev–Trinajstić information content (AvgIpc) is 2.67. The Hall–Kier alpha value is -0.610. The third kappa shape index (κ3) is 2.23. The lowest BCUT2D eigenvalue weighted by Crippen LogP contribution is -2.44. The van der Waals surface area contributed by atoms with Gasteiger partial charge in [0.2, 0.25) is 0 Å². The molecular weight excluding hydrogens is 224 g/mol. The molecule has 2 atom stereocenters. The van der Waals surface area contributed by atoms with Crippen LogP contribution in [0.25, 0.3) is 0 Å². The topological polar surface area (TPSA) is 47.3 Å². The van der Waals surface area contributed by atoms with Gasteiger partial charge in [0.25, 0.3) is 0 Å². The van der Waals surface area contributed by atoms with E-state index in [0.717, 1.165) is 30.0 Å². The van der Waals surface area contributed by atoms with Crippen LogP contribution in [0.2, 0.25) is 5.02 Å². The highest BCUT2D eigenvalue weighted by Crippen LogP contribution is 2.37. The summed E-state index contributed by atoms with van der Waals surface area (Å²) < 4.78 is 5.80. The highest BCUT2D eigenvalue weighted by molar-refractivity contribution is 6.30. The summed E-state index contributed by atoms with van der Waals surface area (Å²) in [4.78, 5) is 0. The Bertz CT molecular complexity index is 364. The lowest BCUT2D eigenvalue weighted by atomic mass is 9.88. The molecule has 1 aromatic rings. The van der Waals surface area contributed by atoms with Gasteiger partial charge in [-0.05, 0) is 37.5 Å². The number of rotatable bonds is 3. The van der Waals surface area contributed by atoms with E-state index in [4.69, 9.17) is 22.2 Å². The fourth-order valence-corrected chi connectivity index (χ4v) is 2.54. The number of hydrogen-bond acceptors (Lipinski definition) is 3. The maximum absolute atomic E-state index is 5.99. The van der Waals surface area contributed by atoms with Gasteiger partial charge in [0.1, 0.15) is 0 Å². The van der Waals surface area contributed by atoms with Crippen LogP contribution in [0, 0.1) is 0 Å². The third-order valence-corrected chi connectivity index (χ3v) is 3.44. The van der Waals surface area contributed by atoms with Crippen molar-refractivity contribution in [2.45, 2.75) is 31.4 Å². The van der Waals surface area contributed by atoms with Crippen molar-refractivity contribution in [1.82, 2.24) is 5.43 Å². The zero-order valence-corrected chi connectivity index (χ0v) is 10.1. The summed E-state index contributed by atoms with van der Waals surface area (Å²) >= 11 is 5.99. The van der Waals surface area contributed by atoms with E-state index in [0.29, 0.717) is 0 Å². The number of benzene rings is 1. The molecular formula is C12H17ClN2O. The summed E-state index contributed by atoms with van der Waals surface area (Å²) in [5.41, 5.74) is 3.68. The van der Waals surface area contributed by atoms with Gasteiger partial charge in [-0.15, -0.1) is 0 Å². The molecule has 0 amide bonds. The van der Waals surface area contributed by atoms with Crippen LogP contribution in [0.4, 0.5) is 0 Å². The standard InChI is InChI=1S/C12H17ClN2O/c1-12(6-3-7-16-12)11(15-14)9-4-2-5-10(13)8-9/h2,4-5,8,11,15H,3,6-7,14H2,1H3. The molecule has 1 heterocycles. The first-order valence-electron chi connectivity index (χ1n) is 5.51. The lowest BCUT2D eigenvalue weighted by Gasteiger charge is -2.33. The van der Waals surface area contributed by atoms with E-state index in [1.165, 1.54) is 0 Å². The summed E-state index contributed by atoms with van der Waals surface area (Å²) in [5, 5.41) is 0.722. The molecule has 3 nitrogen and oxygen atoms in total. The minimum Gasteiger partial charge on any atom is -0.373 e. The van der Waals surface area contributed by atoms with Crippen LogP contribution in [0.15, 0.2) is 24.3 Å². The SMILES string of the molecule is CC1(C(NN)c2cccc(Cl)c2)CCCO1. The molecule has 1 fully saturated rings. The van der Waals surface area contributed by atoms with Crippen molar-refractivity contribution in [2.24, 2.45) is 5.84 Å². The maximum Gasteiger partial charge on any atom is 0.0862 e. The molecule has 0 bridgehead atoms. The van der Waals surface area contributed by atoms with Crippen molar-refractivity contribution in [3.63, 3.8) is 0 Å². The van der Waals surface area contributed by atoms with Gasteiger partial charge < -0.3 is 4.74 Å². The van der Waals surface area contributed by atoms with Gasteiger partial charge in [-0.3, -0.25) is 11.3 Å². The fourth-order valence-electron chi connectivity index (χ4n) is 2.34. The molecule has 4 heteroatoms. The van der Waals surface area contributed by atoms with Gasteiger partial charge in [0.15, 0.2) is 0 Å². The summed E-state index contributed by atoms with van der Waals surface area (Å²) in [7, 11) is 0. The van der Waals surface area contributed by atoms with Gasteiger partial charge in [-0.25, -0.2) is 0 Å². The second kappa shape index (κ2) is 4.72. The van der Waals surface area contributed by atoms with Crippen molar-refractivity contribution in [2.75, 3.05) is 6.61 Å². The number of hydrazine groups is 1. The van der Waals surface area contributed by atoms with E-state index >= 15 is 0 Å². The van der Waals surface area contributed by atoms with E-state index in [1.54, 1.807) is 0 Å². The molecule has 1 aromatic carbocycles. The van der Waals surface area contributed by atoms with E-state index in [-0.39, 0.29) is 11.6 Å². The Morgan fingerprint density at radius 3 is 2.94 bits per heavy atom. The van der Waals surface area contributed by atoms with Crippen LogP contribution in [-0.2, 0) is 4.74 Å². The number of halogens is 1. The van der Waals surface area contributed by atoms with E-state index in [2.05, 4.69) is 12.3 Å². The maximum atomic E-state index is 5.99. The summed E-state index contributed by atoms with van der Waals surface area (Å²) in [5.74, 6) is 5.65. The Balaban J connectivity index is 2.28. The van der Waals surface area contributed by atoms with E-state index in [9.17, 15) is 0 Å². The minimum absolute atomic E-state index is 0.0197. The number of nitrogens with two attached hydrogens (primary N) is 1. The van der Waals surface area contributed by atoms with Crippen LogP contribution >= 0.6 is 11.6 Å². The fraction of sp³-hybridized carbons (Fsp3) is 0.500. The number of nitrogens with one attached hydrogen (secondary N) is 1. The zero-order valence-electron chi connectivity index (χ0n) is 9.37. The molecule has 3 N–H and O–H groups in total. The van der Waals surface area contributed by atoms with Crippen LogP contribution in [0.3, 0.4) is 0 Å². The van der Waals surface area contributed by atoms with Crippen LogP contribution < -0.4 is 11.3 Å². The molecule has 0 radical (unpaired) electrons. The second-order valence-corrected chi connectivity index (χ2v) is 4.86. The second-order valence-electron chi connectivity index (χ2n) is 4.42. The quantitative estimate of drug-likeness (QED) is 0.630. The molecule has 88 valence electrons. The molecule has 0 aromatic heterocycles. The predicted octanol–water partition coefficient (Wildman–Crippen LogP) is 2.41. The molecule has 0 saturated carbocycles. The normalized spacial score (nSPS) is 26.9. The van der Waals surface area contributed by atoms with Crippen LogP contribution in [-0.4, -0.2) is 12.2 Å². The van der Waals surface area contributed by atoms with Crippen molar-refractivity contribution >= 4 is 11.6 Å². The molecule has 0 spiro atoms. The summed E-state index contributed by atoms with van der Waals surface area (Å²) in [6, 6.07) is 7.72. The van der Waals surface area contributed by atoms with Crippen molar-refractivity contribution in [3.8, 4) is 0 Å². The zero-order chi connectivity index (χ0) is 11.6. The molecule has 16 heavy (non-hydrogen) atoms. The first kappa shape index (κ1) is 11.9. The summed E-state index contributed by atoms with van der Waals surface area (Å²) in [6.07, 6.45) is 2.09. The molecule has 2 rings (SSSR count). The highest BCUT2D eigenvalue weighted by atomic mass is 35.5. The monoisotopic (exact) mass is 240 g/mol. The van der Waals surface area contributed by atoms with Crippen molar-refractivity contribution in [1.29, 1.82) is 0 Å². The average molecular weight is 241 g/mol. The van der Waals surface area contributed by atoms with Gasteiger partial charge >= 0.3 is 0 Å². The van der Waals surface area contributed by atoms with Gasteiger partial charge in [-0.1, -0.05) is 23.7 Å². The molecule has 1 aliphatic heterocycles. The molecule has 0 aliphatic carbocycles. The Labute approximate surface area is 101 Å². The van der Waals surface area contributed by atoms with Crippen molar-refractivity contribution < 1.29 is 4.74 Å². The Morgan fingerprint density at radius 2 is 2.38 bits per heavy atom. The Morgan fingerprint density at radius 1 is 1.56 bits per heavy atom. The minimum atomic E-state index is -0.237. The molecule has 2 unspecified atom stereocenters. The first-order valence-corrected chi connectivity index (χ1v) is 5.89. The summed E-state index contributed by atoms with van der Waals surface area (Å²) in [6.45, 7) is 2.89. The molecule has 1 aliphatic rings.